The van der Waals surface area contributed by atoms with E-state index in [4.69, 9.17) is 5.73 Å². The highest BCUT2D eigenvalue weighted by atomic mass is 79.9. The molecule has 17 heavy (non-hydrogen) atoms. The van der Waals surface area contributed by atoms with Crippen LogP contribution < -0.4 is 5.73 Å². The predicted octanol–water partition coefficient (Wildman–Crippen LogP) is 3.74. The van der Waals surface area contributed by atoms with Gasteiger partial charge in [0.25, 0.3) is 0 Å². The van der Waals surface area contributed by atoms with Crippen molar-refractivity contribution in [3.63, 3.8) is 0 Å². The Balaban J connectivity index is 2.09. The summed E-state index contributed by atoms with van der Waals surface area (Å²) in [6, 6.07) is 4.88. The monoisotopic (exact) mass is 303 g/mol. The first-order chi connectivity index (χ1) is 7.98. The molecule has 1 aromatic carbocycles. The highest BCUT2D eigenvalue weighted by Gasteiger charge is 2.34. The van der Waals surface area contributed by atoms with E-state index in [-0.39, 0.29) is 18.3 Å². The summed E-state index contributed by atoms with van der Waals surface area (Å²) in [6.07, 6.45) is 2.40. The van der Waals surface area contributed by atoms with Crippen LogP contribution in [0.15, 0.2) is 22.7 Å². The Bertz CT molecular complexity index is 400. The fraction of sp³-hybridized carbons (Fsp3) is 0.538. The Morgan fingerprint density at radius 2 is 2.00 bits per heavy atom. The Morgan fingerprint density at radius 1 is 1.35 bits per heavy atom. The summed E-state index contributed by atoms with van der Waals surface area (Å²) < 4.78 is 28.8. The molecule has 0 spiro atoms. The first-order valence-electron chi connectivity index (χ1n) is 5.87. The van der Waals surface area contributed by atoms with E-state index in [1.54, 1.807) is 12.1 Å². The molecule has 0 heterocycles. The van der Waals surface area contributed by atoms with Gasteiger partial charge in [-0.2, -0.15) is 0 Å². The lowest BCUT2D eigenvalue weighted by Crippen LogP contribution is -2.37. The minimum absolute atomic E-state index is 0.105. The van der Waals surface area contributed by atoms with Gasteiger partial charge in [-0.25, -0.2) is 8.78 Å². The zero-order chi connectivity index (χ0) is 12.5. The number of nitrogens with two attached hydrogens (primary N) is 1. The van der Waals surface area contributed by atoms with E-state index in [0.717, 1.165) is 0 Å². The Labute approximate surface area is 109 Å². The number of alkyl halides is 1. The zero-order valence-corrected chi connectivity index (χ0v) is 11.1. The average molecular weight is 304 g/mol. The summed E-state index contributed by atoms with van der Waals surface area (Å²) in [5.41, 5.74) is 4.92. The van der Waals surface area contributed by atoms with Crippen molar-refractivity contribution in [2.45, 2.75) is 43.8 Å². The van der Waals surface area contributed by atoms with Gasteiger partial charge in [-0.05, 0) is 43.4 Å². The largest absolute Gasteiger partial charge is 0.328 e. The summed E-state index contributed by atoms with van der Waals surface area (Å²) >= 11 is 3.19. The lowest BCUT2D eigenvalue weighted by Gasteiger charge is -2.32. The SMILES string of the molecule is NC1CCC(F)(Cc2ccc(Br)cc2F)CC1. The molecule has 1 aliphatic rings. The molecule has 1 aromatic rings. The van der Waals surface area contributed by atoms with Crippen LogP contribution in [-0.2, 0) is 6.42 Å². The second-order valence-electron chi connectivity index (χ2n) is 4.90. The van der Waals surface area contributed by atoms with Crippen LogP contribution in [0.3, 0.4) is 0 Å². The molecule has 0 amide bonds. The van der Waals surface area contributed by atoms with E-state index in [2.05, 4.69) is 15.9 Å². The highest BCUT2D eigenvalue weighted by molar-refractivity contribution is 9.10. The van der Waals surface area contributed by atoms with Crippen molar-refractivity contribution in [2.75, 3.05) is 0 Å². The van der Waals surface area contributed by atoms with Gasteiger partial charge in [0.1, 0.15) is 11.5 Å². The molecule has 94 valence electrons. The van der Waals surface area contributed by atoms with Crippen molar-refractivity contribution in [1.29, 1.82) is 0 Å². The molecule has 1 fully saturated rings. The normalized spacial score (nSPS) is 29.3. The molecule has 0 saturated heterocycles. The lowest BCUT2D eigenvalue weighted by atomic mass is 9.80. The molecule has 4 heteroatoms. The first kappa shape index (κ1) is 13.0. The van der Waals surface area contributed by atoms with Gasteiger partial charge in [-0.1, -0.05) is 22.0 Å². The predicted molar refractivity (Wildman–Crippen MR) is 68.1 cm³/mol. The van der Waals surface area contributed by atoms with E-state index in [0.29, 0.717) is 35.7 Å². The van der Waals surface area contributed by atoms with Crippen LogP contribution in [0.5, 0.6) is 0 Å². The Hall–Kier alpha value is -0.480. The van der Waals surface area contributed by atoms with E-state index in [1.807, 2.05) is 0 Å². The number of benzene rings is 1. The van der Waals surface area contributed by atoms with Crippen molar-refractivity contribution in [3.05, 3.63) is 34.1 Å². The Kier molecular flexibility index (Phi) is 3.83. The number of hydrogen-bond donors (Lipinski definition) is 1. The maximum Gasteiger partial charge on any atom is 0.127 e. The van der Waals surface area contributed by atoms with E-state index >= 15 is 0 Å². The summed E-state index contributed by atoms with van der Waals surface area (Å²) in [5.74, 6) is -0.341. The standard InChI is InChI=1S/C13H16BrF2N/c14-10-2-1-9(12(15)7-10)8-13(16)5-3-11(17)4-6-13/h1-2,7,11H,3-6,8,17H2. The molecular weight excluding hydrogens is 288 g/mol. The molecule has 2 rings (SSSR count). The van der Waals surface area contributed by atoms with Crippen LogP contribution in [0.25, 0.3) is 0 Å². The molecule has 0 aliphatic heterocycles. The van der Waals surface area contributed by atoms with Crippen LogP contribution in [0.4, 0.5) is 8.78 Å². The molecule has 0 aromatic heterocycles. The van der Waals surface area contributed by atoms with Crippen LogP contribution in [0.2, 0.25) is 0 Å². The van der Waals surface area contributed by atoms with Crippen molar-refractivity contribution in [2.24, 2.45) is 5.73 Å². The van der Waals surface area contributed by atoms with Crippen LogP contribution in [0, 0.1) is 5.82 Å². The summed E-state index contributed by atoms with van der Waals surface area (Å²) in [6.45, 7) is 0. The van der Waals surface area contributed by atoms with Gasteiger partial charge in [-0.15, -0.1) is 0 Å². The quantitative estimate of drug-likeness (QED) is 0.885. The number of rotatable bonds is 2. The fourth-order valence-corrected chi connectivity index (χ4v) is 2.67. The fourth-order valence-electron chi connectivity index (χ4n) is 2.34. The highest BCUT2D eigenvalue weighted by Crippen LogP contribution is 2.35. The van der Waals surface area contributed by atoms with Gasteiger partial charge in [0.2, 0.25) is 0 Å². The van der Waals surface area contributed by atoms with Gasteiger partial charge >= 0.3 is 0 Å². The average Bonchev–Trinajstić information content (AvgIpc) is 2.27. The zero-order valence-electron chi connectivity index (χ0n) is 9.56. The molecule has 1 aliphatic carbocycles. The Morgan fingerprint density at radius 3 is 2.59 bits per heavy atom. The number of hydrogen-bond acceptors (Lipinski definition) is 1. The van der Waals surface area contributed by atoms with Crippen LogP contribution >= 0.6 is 15.9 Å². The molecule has 0 unspecified atom stereocenters. The third-order valence-electron chi connectivity index (χ3n) is 3.45. The molecule has 1 nitrogen and oxygen atoms in total. The maximum atomic E-state index is 14.5. The minimum atomic E-state index is -1.29. The van der Waals surface area contributed by atoms with E-state index in [1.165, 1.54) is 6.07 Å². The van der Waals surface area contributed by atoms with Gasteiger partial charge < -0.3 is 5.73 Å². The van der Waals surface area contributed by atoms with Gasteiger partial charge in [0.15, 0.2) is 0 Å². The summed E-state index contributed by atoms with van der Waals surface area (Å²) in [7, 11) is 0. The second-order valence-corrected chi connectivity index (χ2v) is 5.82. The van der Waals surface area contributed by atoms with Gasteiger partial charge in [0.05, 0.1) is 0 Å². The number of halogens is 3. The topological polar surface area (TPSA) is 26.0 Å². The minimum Gasteiger partial charge on any atom is -0.328 e. The van der Waals surface area contributed by atoms with Crippen LogP contribution in [0.1, 0.15) is 31.2 Å². The summed E-state index contributed by atoms with van der Waals surface area (Å²) in [5, 5.41) is 0. The second kappa shape index (κ2) is 5.02. The first-order valence-corrected chi connectivity index (χ1v) is 6.66. The van der Waals surface area contributed by atoms with Gasteiger partial charge in [-0.3, -0.25) is 0 Å². The molecule has 0 bridgehead atoms. The molecular formula is C13H16BrF2N. The van der Waals surface area contributed by atoms with Crippen molar-refractivity contribution < 1.29 is 8.78 Å². The van der Waals surface area contributed by atoms with Crippen molar-refractivity contribution in [1.82, 2.24) is 0 Å². The maximum absolute atomic E-state index is 14.5. The van der Waals surface area contributed by atoms with E-state index < -0.39 is 5.67 Å². The molecule has 0 radical (unpaired) electrons. The molecule has 1 saturated carbocycles. The van der Waals surface area contributed by atoms with Crippen molar-refractivity contribution >= 4 is 15.9 Å². The van der Waals surface area contributed by atoms with Crippen LogP contribution in [-0.4, -0.2) is 11.7 Å². The molecule has 2 N–H and O–H groups in total. The summed E-state index contributed by atoms with van der Waals surface area (Å²) in [4.78, 5) is 0. The van der Waals surface area contributed by atoms with E-state index in [9.17, 15) is 8.78 Å². The van der Waals surface area contributed by atoms with Gasteiger partial charge in [0, 0.05) is 16.9 Å². The molecule has 0 atom stereocenters. The third-order valence-corrected chi connectivity index (χ3v) is 3.94. The third kappa shape index (κ3) is 3.26. The van der Waals surface area contributed by atoms with Crippen molar-refractivity contribution in [3.8, 4) is 0 Å². The smallest absolute Gasteiger partial charge is 0.127 e. The lowest BCUT2D eigenvalue weighted by molar-refractivity contribution is 0.0984.